The van der Waals surface area contributed by atoms with Crippen LogP contribution in [-0.4, -0.2) is 41.6 Å². The van der Waals surface area contributed by atoms with Crippen molar-refractivity contribution < 1.29 is 14.3 Å². The molecule has 0 radical (unpaired) electrons. The first-order valence-electron chi connectivity index (χ1n) is 6.03. The Labute approximate surface area is 102 Å². The van der Waals surface area contributed by atoms with E-state index in [0.717, 1.165) is 12.8 Å². The number of nitrogens with zero attached hydrogens (tertiary/aromatic N) is 1. The SMILES string of the molecule is CC(=O)NC1CCN(C(=O)OC(C)(C)C)CC1. The number of likely N-dealkylation sites (tertiary alicyclic amines) is 1. The normalized spacial score (nSPS) is 17.8. The Bertz CT molecular complexity index is 289. The lowest BCUT2D eigenvalue weighted by Crippen LogP contribution is -2.47. The van der Waals surface area contributed by atoms with Gasteiger partial charge in [0.05, 0.1) is 0 Å². The van der Waals surface area contributed by atoms with Crippen molar-refractivity contribution in [2.24, 2.45) is 0 Å². The molecule has 0 bridgehead atoms. The molecule has 0 saturated carbocycles. The maximum Gasteiger partial charge on any atom is 0.410 e. The van der Waals surface area contributed by atoms with Crippen LogP contribution in [0.15, 0.2) is 0 Å². The van der Waals surface area contributed by atoms with Crippen LogP contribution in [0.25, 0.3) is 0 Å². The summed E-state index contributed by atoms with van der Waals surface area (Å²) in [6, 6.07) is 0.186. The van der Waals surface area contributed by atoms with Gasteiger partial charge in [0.15, 0.2) is 0 Å². The lowest BCUT2D eigenvalue weighted by atomic mass is 10.1. The average molecular weight is 242 g/mol. The second-order valence-corrected chi connectivity index (χ2v) is 5.44. The fourth-order valence-corrected chi connectivity index (χ4v) is 1.82. The molecular weight excluding hydrogens is 220 g/mol. The third-order valence-corrected chi connectivity index (χ3v) is 2.55. The Morgan fingerprint density at radius 1 is 1.24 bits per heavy atom. The van der Waals surface area contributed by atoms with Crippen LogP contribution in [0, 0.1) is 0 Å². The molecule has 0 aromatic heterocycles. The molecule has 5 nitrogen and oxygen atoms in total. The Kier molecular flexibility index (Phi) is 4.37. The van der Waals surface area contributed by atoms with E-state index >= 15 is 0 Å². The van der Waals surface area contributed by atoms with E-state index in [1.807, 2.05) is 20.8 Å². The van der Waals surface area contributed by atoms with Gasteiger partial charge < -0.3 is 15.0 Å². The summed E-state index contributed by atoms with van der Waals surface area (Å²) in [5.41, 5.74) is -0.453. The third-order valence-electron chi connectivity index (χ3n) is 2.55. The predicted octanol–water partition coefficient (Wildman–Crippen LogP) is 1.52. The van der Waals surface area contributed by atoms with Gasteiger partial charge in [0.2, 0.25) is 5.91 Å². The molecule has 1 aliphatic heterocycles. The van der Waals surface area contributed by atoms with E-state index in [1.165, 1.54) is 6.92 Å². The minimum atomic E-state index is -0.453. The first-order valence-corrected chi connectivity index (χ1v) is 6.03. The zero-order valence-electron chi connectivity index (χ0n) is 11.1. The van der Waals surface area contributed by atoms with Crippen LogP contribution in [0.1, 0.15) is 40.5 Å². The van der Waals surface area contributed by atoms with Crippen LogP contribution in [-0.2, 0) is 9.53 Å². The van der Waals surface area contributed by atoms with Gasteiger partial charge in [-0.15, -0.1) is 0 Å². The Hall–Kier alpha value is -1.26. The summed E-state index contributed by atoms with van der Waals surface area (Å²) < 4.78 is 5.29. The number of hydrogen-bond acceptors (Lipinski definition) is 3. The highest BCUT2D eigenvalue weighted by Crippen LogP contribution is 2.15. The van der Waals surface area contributed by atoms with Gasteiger partial charge in [0, 0.05) is 26.1 Å². The predicted molar refractivity (Wildman–Crippen MR) is 64.6 cm³/mol. The molecule has 0 aliphatic carbocycles. The molecule has 1 N–H and O–H groups in total. The maximum atomic E-state index is 11.8. The number of carbonyl (C=O) groups is 2. The van der Waals surface area contributed by atoms with E-state index < -0.39 is 5.60 Å². The molecule has 5 heteroatoms. The van der Waals surface area contributed by atoms with Crippen LogP contribution in [0.3, 0.4) is 0 Å². The van der Waals surface area contributed by atoms with Crippen molar-refractivity contribution in [3.8, 4) is 0 Å². The van der Waals surface area contributed by atoms with Gasteiger partial charge in [0.1, 0.15) is 5.60 Å². The molecule has 17 heavy (non-hydrogen) atoms. The summed E-state index contributed by atoms with van der Waals surface area (Å²) in [6.07, 6.45) is 1.32. The highest BCUT2D eigenvalue weighted by Gasteiger charge is 2.26. The summed E-state index contributed by atoms with van der Waals surface area (Å²) in [4.78, 5) is 24.4. The molecule has 1 saturated heterocycles. The van der Waals surface area contributed by atoms with Crippen molar-refractivity contribution >= 4 is 12.0 Å². The molecule has 1 heterocycles. The van der Waals surface area contributed by atoms with Crippen molar-refractivity contribution in [1.82, 2.24) is 10.2 Å². The highest BCUT2D eigenvalue weighted by atomic mass is 16.6. The standard InChI is InChI=1S/C12H22N2O3/c1-9(15)13-10-5-7-14(8-6-10)11(16)17-12(2,3)4/h10H,5-8H2,1-4H3,(H,13,15). The van der Waals surface area contributed by atoms with Crippen molar-refractivity contribution in [2.45, 2.75) is 52.2 Å². The number of hydrogen-bond donors (Lipinski definition) is 1. The van der Waals surface area contributed by atoms with Gasteiger partial charge in [-0.1, -0.05) is 0 Å². The van der Waals surface area contributed by atoms with Gasteiger partial charge in [0.25, 0.3) is 0 Å². The molecule has 0 aromatic rings. The maximum absolute atomic E-state index is 11.8. The van der Waals surface area contributed by atoms with E-state index in [4.69, 9.17) is 4.74 Å². The average Bonchev–Trinajstić information content (AvgIpc) is 2.15. The Morgan fingerprint density at radius 3 is 2.18 bits per heavy atom. The van der Waals surface area contributed by atoms with Crippen molar-refractivity contribution in [1.29, 1.82) is 0 Å². The van der Waals surface area contributed by atoms with Crippen molar-refractivity contribution in [3.05, 3.63) is 0 Å². The summed E-state index contributed by atoms with van der Waals surface area (Å²) in [5, 5.41) is 2.87. The van der Waals surface area contributed by atoms with Crippen LogP contribution < -0.4 is 5.32 Å². The van der Waals surface area contributed by atoms with Gasteiger partial charge in [-0.3, -0.25) is 4.79 Å². The van der Waals surface area contributed by atoms with E-state index in [2.05, 4.69) is 5.32 Å². The number of ether oxygens (including phenoxy) is 1. The summed E-state index contributed by atoms with van der Waals surface area (Å²) >= 11 is 0. The Balaban J connectivity index is 2.36. The molecule has 1 rings (SSSR count). The molecule has 1 fully saturated rings. The number of carbonyl (C=O) groups excluding carboxylic acids is 2. The first-order chi connectivity index (χ1) is 7.78. The van der Waals surface area contributed by atoms with E-state index in [0.29, 0.717) is 13.1 Å². The van der Waals surface area contributed by atoms with Crippen LogP contribution in [0.5, 0.6) is 0 Å². The second kappa shape index (κ2) is 5.38. The molecule has 0 aromatic carbocycles. The topological polar surface area (TPSA) is 58.6 Å². The molecular formula is C12H22N2O3. The van der Waals surface area contributed by atoms with Crippen molar-refractivity contribution in [3.63, 3.8) is 0 Å². The van der Waals surface area contributed by atoms with Gasteiger partial charge in [-0.2, -0.15) is 0 Å². The smallest absolute Gasteiger partial charge is 0.410 e. The van der Waals surface area contributed by atoms with Crippen LogP contribution in [0.2, 0.25) is 0 Å². The molecule has 0 unspecified atom stereocenters. The molecule has 98 valence electrons. The summed E-state index contributed by atoms with van der Waals surface area (Å²) in [5.74, 6) is -0.0132. The minimum absolute atomic E-state index is 0.0132. The number of nitrogens with one attached hydrogen (secondary N) is 1. The third kappa shape index (κ3) is 5.06. The second-order valence-electron chi connectivity index (χ2n) is 5.44. The van der Waals surface area contributed by atoms with Gasteiger partial charge in [-0.05, 0) is 33.6 Å². The zero-order chi connectivity index (χ0) is 13.1. The lowest BCUT2D eigenvalue weighted by Gasteiger charge is -2.33. The van der Waals surface area contributed by atoms with E-state index in [9.17, 15) is 9.59 Å². The quantitative estimate of drug-likeness (QED) is 0.758. The van der Waals surface area contributed by atoms with Gasteiger partial charge >= 0.3 is 6.09 Å². The molecule has 0 atom stereocenters. The number of rotatable bonds is 1. The zero-order valence-corrected chi connectivity index (χ0v) is 11.1. The first kappa shape index (κ1) is 13.8. The lowest BCUT2D eigenvalue weighted by molar-refractivity contribution is -0.119. The van der Waals surface area contributed by atoms with Gasteiger partial charge in [-0.25, -0.2) is 4.79 Å². The van der Waals surface area contributed by atoms with Crippen LogP contribution in [0.4, 0.5) is 4.79 Å². The monoisotopic (exact) mass is 242 g/mol. The largest absolute Gasteiger partial charge is 0.444 e. The number of amides is 2. The van der Waals surface area contributed by atoms with Crippen LogP contribution >= 0.6 is 0 Å². The fraction of sp³-hybridized carbons (Fsp3) is 0.833. The summed E-state index contributed by atoms with van der Waals surface area (Å²) in [6.45, 7) is 8.36. The Morgan fingerprint density at radius 2 is 1.76 bits per heavy atom. The van der Waals surface area contributed by atoms with Crippen molar-refractivity contribution in [2.75, 3.05) is 13.1 Å². The molecule has 1 aliphatic rings. The minimum Gasteiger partial charge on any atom is -0.444 e. The highest BCUT2D eigenvalue weighted by molar-refractivity contribution is 5.73. The molecule has 0 spiro atoms. The summed E-state index contributed by atoms with van der Waals surface area (Å²) in [7, 11) is 0. The van der Waals surface area contributed by atoms with E-state index in [1.54, 1.807) is 4.90 Å². The molecule has 2 amide bonds. The van der Waals surface area contributed by atoms with E-state index in [-0.39, 0.29) is 18.0 Å². The number of piperidine rings is 1. The fourth-order valence-electron chi connectivity index (χ4n) is 1.82.